The van der Waals surface area contributed by atoms with Crippen LogP contribution in [0.1, 0.15) is 99.8 Å². The van der Waals surface area contributed by atoms with E-state index in [0.717, 1.165) is 49.7 Å². The number of thiazole rings is 1. The van der Waals surface area contributed by atoms with Gasteiger partial charge in [0.25, 0.3) is 6.47 Å². The van der Waals surface area contributed by atoms with Crippen LogP contribution in [0.5, 0.6) is 5.75 Å². The Balaban J connectivity index is 0.00000113. The van der Waals surface area contributed by atoms with Crippen LogP contribution in [-0.4, -0.2) is 51.3 Å². The topological polar surface area (TPSA) is 100 Å². The third-order valence-corrected chi connectivity index (χ3v) is 10.9. The fourth-order valence-electron chi connectivity index (χ4n) is 7.02. The number of hydrogen-bond donors (Lipinski definition) is 1. The number of carbonyl (C=O) groups excluding carboxylic acids is 2. The molecule has 4 aliphatic rings. The lowest BCUT2D eigenvalue weighted by molar-refractivity contribution is -0.152. The van der Waals surface area contributed by atoms with Gasteiger partial charge in [0, 0.05) is 36.0 Å². The molecular formula is C31H39ClFN3O5S. The van der Waals surface area contributed by atoms with Crippen molar-refractivity contribution >= 4 is 41.2 Å². The summed E-state index contributed by atoms with van der Waals surface area (Å²) in [6, 6.07) is 3.65. The van der Waals surface area contributed by atoms with Crippen LogP contribution in [0.15, 0.2) is 17.6 Å². The molecule has 1 aromatic heterocycles. The molecule has 1 N–H and O–H groups in total. The van der Waals surface area contributed by atoms with Gasteiger partial charge in [0.2, 0.25) is 11.8 Å². The summed E-state index contributed by atoms with van der Waals surface area (Å²) < 4.78 is 20.5. The lowest BCUT2D eigenvalue weighted by atomic mass is 9.68. The molecule has 3 heterocycles. The number of halogens is 2. The first kappa shape index (κ1) is 30.7. The van der Waals surface area contributed by atoms with E-state index >= 15 is 0 Å². The van der Waals surface area contributed by atoms with Crippen molar-refractivity contribution < 1.29 is 28.6 Å². The van der Waals surface area contributed by atoms with E-state index in [2.05, 4.69) is 18.8 Å². The van der Waals surface area contributed by atoms with Crippen LogP contribution in [0.25, 0.3) is 0 Å². The van der Waals surface area contributed by atoms with Gasteiger partial charge in [-0.05, 0) is 67.6 Å². The molecule has 1 saturated heterocycles. The van der Waals surface area contributed by atoms with E-state index < -0.39 is 12.3 Å². The van der Waals surface area contributed by atoms with Gasteiger partial charge in [-0.1, -0.05) is 38.3 Å². The molecule has 0 radical (unpaired) electrons. The molecule has 0 bridgehead atoms. The maximum Gasteiger partial charge on any atom is 0.290 e. The van der Waals surface area contributed by atoms with Crippen LogP contribution in [-0.2, 0) is 27.4 Å². The van der Waals surface area contributed by atoms with Crippen molar-refractivity contribution in [2.24, 2.45) is 16.7 Å². The van der Waals surface area contributed by atoms with Crippen LogP contribution in [0.2, 0.25) is 5.02 Å². The van der Waals surface area contributed by atoms with Gasteiger partial charge < -0.3 is 19.6 Å². The van der Waals surface area contributed by atoms with Crippen molar-refractivity contribution in [3.63, 3.8) is 0 Å². The first-order valence-corrected chi connectivity index (χ1v) is 16.0. The van der Waals surface area contributed by atoms with E-state index in [0.29, 0.717) is 47.3 Å². The minimum absolute atomic E-state index is 0.0415. The Labute approximate surface area is 255 Å². The predicted molar refractivity (Wildman–Crippen MR) is 158 cm³/mol. The van der Waals surface area contributed by atoms with Crippen molar-refractivity contribution in [1.29, 1.82) is 0 Å². The Morgan fingerprint density at radius 3 is 2.69 bits per heavy atom. The normalized spacial score (nSPS) is 24.5. The molecule has 2 aromatic rings. The summed E-state index contributed by atoms with van der Waals surface area (Å²) in [4.78, 5) is 45.0. The van der Waals surface area contributed by atoms with Gasteiger partial charge in [-0.3, -0.25) is 14.4 Å². The van der Waals surface area contributed by atoms with Crippen molar-refractivity contribution in [2.75, 3.05) is 13.1 Å². The minimum Gasteiger partial charge on any atom is -0.487 e. The SMILES string of the molecule is CC(F)c1scnc1COc1ccc(Cl)c2c1C(N1CC3(CC3)CC1=O)N(C(=O)C1CCCCC1(C)C)CC2.O=CO. The lowest BCUT2D eigenvalue weighted by Gasteiger charge is -2.47. The van der Waals surface area contributed by atoms with Gasteiger partial charge in [0.1, 0.15) is 24.7 Å². The van der Waals surface area contributed by atoms with E-state index in [9.17, 15) is 14.0 Å². The van der Waals surface area contributed by atoms with E-state index in [1.807, 2.05) is 21.9 Å². The maximum absolute atomic E-state index is 14.4. The molecule has 42 heavy (non-hydrogen) atoms. The molecule has 2 aliphatic carbocycles. The maximum atomic E-state index is 14.4. The number of ether oxygens (including phenoxy) is 1. The number of hydrogen-bond acceptors (Lipinski definition) is 6. The van der Waals surface area contributed by atoms with E-state index in [-0.39, 0.29) is 41.6 Å². The molecule has 8 nitrogen and oxygen atoms in total. The average molecular weight is 620 g/mol. The predicted octanol–water partition coefficient (Wildman–Crippen LogP) is 6.72. The number of alkyl halides is 1. The van der Waals surface area contributed by atoms with Crippen molar-refractivity contribution in [2.45, 2.75) is 91.1 Å². The van der Waals surface area contributed by atoms with Crippen molar-refractivity contribution in [3.8, 4) is 5.75 Å². The summed E-state index contributed by atoms with van der Waals surface area (Å²) in [7, 11) is 0. The Morgan fingerprint density at radius 2 is 2.05 bits per heavy atom. The smallest absolute Gasteiger partial charge is 0.290 e. The van der Waals surface area contributed by atoms with Crippen LogP contribution >= 0.6 is 22.9 Å². The minimum atomic E-state index is -1.13. The number of likely N-dealkylation sites (tertiary alicyclic amines) is 1. The summed E-state index contributed by atoms with van der Waals surface area (Å²) in [6.07, 6.45) is 5.60. The Hall–Kier alpha value is -2.72. The summed E-state index contributed by atoms with van der Waals surface area (Å²) in [6.45, 7) is 6.92. The molecular weight excluding hydrogens is 581 g/mol. The van der Waals surface area contributed by atoms with Gasteiger partial charge in [-0.15, -0.1) is 11.3 Å². The molecule has 2 aliphatic heterocycles. The van der Waals surface area contributed by atoms with Crippen LogP contribution < -0.4 is 4.74 Å². The van der Waals surface area contributed by atoms with Crippen molar-refractivity contribution in [1.82, 2.24) is 14.8 Å². The average Bonchev–Trinajstić information content (AvgIpc) is 3.37. The quantitative estimate of drug-likeness (QED) is 0.360. The van der Waals surface area contributed by atoms with Gasteiger partial charge in [-0.25, -0.2) is 9.37 Å². The number of fused-ring (bicyclic) bond motifs is 1. The molecule has 2 saturated carbocycles. The Morgan fingerprint density at radius 1 is 1.31 bits per heavy atom. The summed E-state index contributed by atoms with van der Waals surface area (Å²) in [5.74, 6) is 0.703. The standard InChI is InChI=1S/C30H37ClFN3O3S.CH2O2/c1-18(32)26-22(33-17-39-26)15-38-23-8-7-21(31)19-9-13-34(28(37)20-6-4-5-10-29(20,2)3)27(25(19)23)35-16-30(11-12-30)14-24(35)36;2-1-3/h7-8,17-18,20,27H,4-6,9-16H2,1-3H3;1H,(H,2,3). The fourth-order valence-corrected chi connectivity index (χ4v) is 8.00. The number of nitrogens with zero attached hydrogens (tertiary/aromatic N) is 3. The van der Waals surface area contributed by atoms with Crippen molar-refractivity contribution in [3.05, 3.63) is 44.4 Å². The highest BCUT2D eigenvalue weighted by Gasteiger charge is 2.56. The lowest BCUT2D eigenvalue weighted by Crippen LogP contribution is -2.53. The third-order valence-electron chi connectivity index (χ3n) is 9.51. The third kappa shape index (κ3) is 5.89. The number of amides is 2. The van der Waals surface area contributed by atoms with Gasteiger partial charge in [0.15, 0.2) is 0 Å². The molecule has 3 fully saturated rings. The van der Waals surface area contributed by atoms with Gasteiger partial charge in [-0.2, -0.15) is 0 Å². The summed E-state index contributed by atoms with van der Waals surface area (Å²) in [5.41, 5.74) is 3.87. The first-order valence-electron chi connectivity index (χ1n) is 14.7. The second-order valence-electron chi connectivity index (χ2n) is 12.8. The number of carboxylic acid groups (broad SMARTS) is 1. The molecule has 1 aromatic carbocycles. The zero-order chi connectivity index (χ0) is 30.2. The highest BCUT2D eigenvalue weighted by Crippen LogP contribution is 2.56. The highest BCUT2D eigenvalue weighted by atomic mass is 35.5. The van der Waals surface area contributed by atoms with Crippen LogP contribution in [0.3, 0.4) is 0 Å². The molecule has 6 rings (SSSR count). The molecule has 1 spiro atoms. The van der Waals surface area contributed by atoms with Gasteiger partial charge in [0.05, 0.1) is 16.1 Å². The van der Waals surface area contributed by atoms with E-state index in [1.54, 1.807) is 5.51 Å². The number of benzene rings is 1. The summed E-state index contributed by atoms with van der Waals surface area (Å²) in [5, 5.41) is 7.51. The number of rotatable bonds is 6. The zero-order valence-corrected chi connectivity index (χ0v) is 26.0. The van der Waals surface area contributed by atoms with Crippen LogP contribution in [0, 0.1) is 16.7 Å². The van der Waals surface area contributed by atoms with E-state index in [1.165, 1.54) is 18.3 Å². The molecule has 2 amide bonds. The summed E-state index contributed by atoms with van der Waals surface area (Å²) >= 11 is 8.03. The highest BCUT2D eigenvalue weighted by molar-refractivity contribution is 7.09. The molecule has 11 heteroatoms. The second-order valence-corrected chi connectivity index (χ2v) is 14.0. The molecule has 228 valence electrons. The van der Waals surface area contributed by atoms with Gasteiger partial charge >= 0.3 is 0 Å². The zero-order valence-electron chi connectivity index (χ0n) is 24.4. The number of aromatic nitrogens is 1. The number of carbonyl (C=O) groups is 3. The second kappa shape index (κ2) is 12.1. The largest absolute Gasteiger partial charge is 0.487 e. The fraction of sp³-hybridized carbons (Fsp3) is 0.613. The Bertz CT molecular complexity index is 1340. The first-order chi connectivity index (χ1) is 20.0. The van der Waals surface area contributed by atoms with E-state index in [4.69, 9.17) is 26.2 Å². The Kier molecular flexibility index (Phi) is 8.86. The monoisotopic (exact) mass is 619 g/mol. The molecule has 3 unspecified atom stereocenters. The van der Waals surface area contributed by atoms with Crippen LogP contribution in [0.4, 0.5) is 4.39 Å². The molecule has 3 atom stereocenters.